The second-order valence-electron chi connectivity index (χ2n) is 1.80. The summed E-state index contributed by atoms with van der Waals surface area (Å²) in [6.45, 7) is 0. The van der Waals surface area contributed by atoms with Crippen LogP contribution in [0.5, 0.6) is 0 Å². The molecule has 0 aromatic rings. The van der Waals surface area contributed by atoms with Gasteiger partial charge in [0.15, 0.2) is 0 Å². The predicted molar refractivity (Wildman–Crippen MR) is 37.0 cm³/mol. The van der Waals surface area contributed by atoms with Crippen LogP contribution in [0, 0.1) is 0 Å². The lowest BCUT2D eigenvalue weighted by Gasteiger charge is -2.03. The Kier molecular flexibility index (Phi) is 3.81. The molecule has 0 atom stereocenters. The van der Waals surface area contributed by atoms with E-state index in [1.807, 2.05) is 0 Å². The van der Waals surface area contributed by atoms with Crippen molar-refractivity contribution in [1.29, 1.82) is 0 Å². The fraction of sp³-hybridized carbons (Fsp3) is 1.00. The minimum absolute atomic E-state index is 0.252. The van der Waals surface area contributed by atoms with Gasteiger partial charge in [-0.1, -0.05) is 5.67 Å². The smallest absolute Gasteiger partial charge is 0.0910 e. The molecule has 0 saturated carbocycles. The van der Waals surface area contributed by atoms with Gasteiger partial charge in [-0.05, 0) is 14.1 Å². The molecule has 0 aliphatic rings. The van der Waals surface area contributed by atoms with Gasteiger partial charge in [-0.25, -0.2) is 0 Å². The summed E-state index contributed by atoms with van der Waals surface area (Å²) in [6.07, 6.45) is 0. The molecule has 0 radical (unpaired) electrons. The van der Waals surface area contributed by atoms with E-state index in [1.54, 1.807) is 0 Å². The van der Waals surface area contributed by atoms with Crippen LogP contribution in [0.15, 0.2) is 0 Å². The monoisotopic (exact) mass is 119 g/mol. The van der Waals surface area contributed by atoms with Crippen LogP contribution in [0.4, 0.5) is 0 Å². The summed E-state index contributed by atoms with van der Waals surface area (Å²) in [5.41, 5.74) is 1.53. The Morgan fingerprint density at radius 2 is 2.17 bits per heavy atom. The lowest BCUT2D eigenvalue weighted by Crippen LogP contribution is -2.16. The van der Waals surface area contributed by atoms with Crippen LogP contribution in [0.2, 0.25) is 5.67 Å². The summed E-state index contributed by atoms with van der Waals surface area (Å²) in [7, 11) is 6.00. The number of nitrogens with zero attached hydrogens (tertiary/aromatic N) is 1. The molecule has 0 aromatic heterocycles. The Hall–Kier alpha value is 0.394. The molecule has 0 rings (SSSR count). The maximum absolute atomic E-state index is 2.35. The fourth-order valence-electron chi connectivity index (χ4n) is 0.447. The molecule has 1 nitrogen and oxygen atoms in total. The van der Waals surface area contributed by atoms with Gasteiger partial charge >= 0.3 is 0 Å². The third-order valence-electron chi connectivity index (χ3n) is 0.671. The van der Waals surface area contributed by atoms with Gasteiger partial charge in [-0.15, -0.1) is 0 Å². The first-order valence-corrected chi connectivity index (χ1v) is 5.46. The van der Waals surface area contributed by atoms with E-state index in [9.17, 15) is 0 Å². The zero-order valence-electron chi connectivity index (χ0n) is 4.86. The van der Waals surface area contributed by atoms with Crippen molar-refractivity contribution in [3.63, 3.8) is 0 Å². The average Bonchev–Trinajstić information content (AvgIpc) is 1.35. The van der Waals surface area contributed by atoms with Crippen molar-refractivity contribution in [2.75, 3.05) is 14.1 Å². The van der Waals surface area contributed by atoms with Crippen LogP contribution in [-0.4, -0.2) is 38.6 Å². The minimum Gasteiger partial charge on any atom is -0.335 e. The number of hydrogen-bond acceptors (Lipinski definition) is 1. The summed E-state index contributed by atoms with van der Waals surface area (Å²) in [5, 5.41) is 0. The van der Waals surface area contributed by atoms with E-state index in [2.05, 4.69) is 18.7 Å². The predicted octanol–water partition coefficient (Wildman–Crippen LogP) is -1.63. The van der Waals surface area contributed by atoms with Crippen molar-refractivity contribution in [3.05, 3.63) is 0 Å². The first-order chi connectivity index (χ1) is 2.77. The normalized spacial score (nSPS) is 12.5. The molecule has 38 valence electrons. The molecule has 0 aliphatic heterocycles. The van der Waals surface area contributed by atoms with Crippen molar-refractivity contribution in [2.45, 2.75) is 5.67 Å². The Labute approximate surface area is 45.1 Å². The van der Waals surface area contributed by atoms with Gasteiger partial charge in [-0.3, -0.25) is 0 Å². The Morgan fingerprint density at radius 1 is 1.67 bits per heavy atom. The number of rotatable bonds is 2. The van der Waals surface area contributed by atoms with E-state index in [0.29, 0.717) is 0 Å². The van der Waals surface area contributed by atoms with E-state index >= 15 is 0 Å². The maximum atomic E-state index is 2.35. The quantitative estimate of drug-likeness (QED) is 0.395. The Balaban J connectivity index is 2.63. The first-order valence-electron chi connectivity index (χ1n) is 2.42. The third-order valence-corrected chi connectivity index (χ3v) is 3.35. The topological polar surface area (TPSA) is 3.24 Å². The standard InChI is InChI=1S/C3H13NSi2/c1-4(2)6-3-5/h3,6H2,1-2,5H3. The van der Waals surface area contributed by atoms with Crippen LogP contribution >= 0.6 is 0 Å². The van der Waals surface area contributed by atoms with Crippen molar-refractivity contribution < 1.29 is 0 Å². The first kappa shape index (κ1) is 6.39. The zero-order chi connectivity index (χ0) is 4.99. The molecular weight excluding hydrogens is 106 g/mol. The molecule has 0 fully saturated rings. The highest BCUT2D eigenvalue weighted by Gasteiger charge is 1.81. The summed E-state index contributed by atoms with van der Waals surface area (Å²) < 4.78 is 2.35. The number of hydrogen-bond donors (Lipinski definition) is 0. The van der Waals surface area contributed by atoms with Gasteiger partial charge < -0.3 is 4.57 Å². The lowest BCUT2D eigenvalue weighted by molar-refractivity contribution is 0.663. The van der Waals surface area contributed by atoms with Crippen LogP contribution in [0.3, 0.4) is 0 Å². The molecule has 0 aliphatic carbocycles. The lowest BCUT2D eigenvalue weighted by atomic mass is 11.3. The van der Waals surface area contributed by atoms with Crippen LogP contribution in [0.25, 0.3) is 0 Å². The highest BCUT2D eigenvalue weighted by atomic mass is 28.3. The second kappa shape index (κ2) is 3.58. The SMILES string of the molecule is CN(C)[SiH2]C[SiH3]. The van der Waals surface area contributed by atoms with Gasteiger partial charge in [0.1, 0.15) is 0 Å². The fourth-order valence-corrected chi connectivity index (χ4v) is 4.02. The second-order valence-corrected chi connectivity index (χ2v) is 7.52. The molecular formula is C3H13NSi2. The zero-order valence-corrected chi connectivity index (χ0v) is 8.28. The van der Waals surface area contributed by atoms with Crippen molar-refractivity contribution >= 4 is 19.9 Å². The van der Waals surface area contributed by atoms with Gasteiger partial charge in [0, 0.05) is 10.2 Å². The van der Waals surface area contributed by atoms with E-state index in [1.165, 1.54) is 15.9 Å². The Bertz CT molecular complexity index is 30.0. The molecule has 0 saturated heterocycles. The van der Waals surface area contributed by atoms with Crippen molar-refractivity contribution in [2.24, 2.45) is 0 Å². The van der Waals surface area contributed by atoms with Crippen LogP contribution in [-0.2, 0) is 0 Å². The van der Waals surface area contributed by atoms with Gasteiger partial charge in [-0.2, -0.15) is 0 Å². The van der Waals surface area contributed by atoms with Crippen LogP contribution < -0.4 is 0 Å². The van der Waals surface area contributed by atoms with Gasteiger partial charge in [0.05, 0.1) is 9.68 Å². The average molecular weight is 119 g/mol. The molecule has 3 heteroatoms. The van der Waals surface area contributed by atoms with Crippen molar-refractivity contribution in [3.8, 4) is 0 Å². The molecule has 0 spiro atoms. The molecule has 0 unspecified atom stereocenters. The summed E-state index contributed by atoms with van der Waals surface area (Å²) in [6, 6.07) is 0. The molecule has 0 amide bonds. The highest BCUT2D eigenvalue weighted by molar-refractivity contribution is 6.44. The van der Waals surface area contributed by atoms with Gasteiger partial charge in [0.2, 0.25) is 0 Å². The largest absolute Gasteiger partial charge is 0.335 e. The molecule has 0 heterocycles. The Morgan fingerprint density at radius 3 is 2.17 bits per heavy atom. The molecule has 0 aromatic carbocycles. The van der Waals surface area contributed by atoms with Crippen molar-refractivity contribution in [1.82, 2.24) is 4.57 Å². The highest BCUT2D eigenvalue weighted by Crippen LogP contribution is 1.69. The van der Waals surface area contributed by atoms with E-state index in [0.717, 1.165) is 0 Å². The summed E-state index contributed by atoms with van der Waals surface area (Å²) in [4.78, 5) is 0. The third kappa shape index (κ3) is 4.39. The van der Waals surface area contributed by atoms with Gasteiger partial charge in [0.25, 0.3) is 0 Å². The van der Waals surface area contributed by atoms with E-state index < -0.39 is 0 Å². The summed E-state index contributed by atoms with van der Waals surface area (Å²) in [5.74, 6) is 0. The minimum atomic E-state index is 0.252. The van der Waals surface area contributed by atoms with Crippen LogP contribution in [0.1, 0.15) is 0 Å². The van der Waals surface area contributed by atoms with E-state index in [-0.39, 0.29) is 9.68 Å². The maximum Gasteiger partial charge on any atom is 0.0910 e. The molecule has 0 N–H and O–H groups in total. The summed E-state index contributed by atoms with van der Waals surface area (Å²) >= 11 is 0. The molecule has 0 bridgehead atoms. The molecule has 6 heavy (non-hydrogen) atoms. The van der Waals surface area contributed by atoms with E-state index in [4.69, 9.17) is 0 Å².